The van der Waals surface area contributed by atoms with Gasteiger partial charge in [-0.2, -0.15) is 11.8 Å². The van der Waals surface area contributed by atoms with Gasteiger partial charge in [-0.3, -0.25) is 0 Å². The molecule has 0 bridgehead atoms. The lowest BCUT2D eigenvalue weighted by Gasteiger charge is -2.38. The molecule has 0 saturated heterocycles. The lowest BCUT2D eigenvalue weighted by molar-refractivity contribution is 0.280. The molecule has 2 nitrogen and oxygen atoms in total. The molecule has 0 aromatic rings. The molecule has 14 heavy (non-hydrogen) atoms. The van der Waals surface area contributed by atoms with Crippen molar-refractivity contribution in [1.82, 2.24) is 5.32 Å². The van der Waals surface area contributed by atoms with Gasteiger partial charge in [0.15, 0.2) is 0 Å². The fourth-order valence-corrected chi connectivity index (χ4v) is 2.82. The first-order chi connectivity index (χ1) is 6.65. The van der Waals surface area contributed by atoms with Crippen LogP contribution in [0.5, 0.6) is 0 Å². The highest BCUT2D eigenvalue weighted by molar-refractivity contribution is 8.00. The Morgan fingerprint density at radius 1 is 1.36 bits per heavy atom. The largest absolute Gasteiger partial charge is 0.328 e. The van der Waals surface area contributed by atoms with E-state index in [1.807, 2.05) is 11.8 Å². The minimum Gasteiger partial charge on any atom is -0.328 e. The molecule has 0 heterocycles. The van der Waals surface area contributed by atoms with Crippen LogP contribution in [0.4, 0.5) is 0 Å². The predicted molar refractivity (Wildman–Crippen MR) is 65.8 cm³/mol. The second-order valence-electron chi connectivity index (χ2n) is 4.40. The van der Waals surface area contributed by atoms with Gasteiger partial charge in [0.05, 0.1) is 0 Å². The van der Waals surface area contributed by atoms with Crippen molar-refractivity contribution >= 4 is 11.8 Å². The van der Waals surface area contributed by atoms with Crippen LogP contribution in [0.3, 0.4) is 0 Å². The Balaban J connectivity index is 2.26. The van der Waals surface area contributed by atoms with Gasteiger partial charge in [0, 0.05) is 23.4 Å². The molecule has 1 rings (SSSR count). The number of hydrogen-bond acceptors (Lipinski definition) is 3. The Labute approximate surface area is 92.4 Å². The van der Waals surface area contributed by atoms with Crippen LogP contribution in [0.2, 0.25) is 0 Å². The summed E-state index contributed by atoms with van der Waals surface area (Å²) in [7, 11) is 0. The van der Waals surface area contributed by atoms with E-state index in [-0.39, 0.29) is 0 Å². The van der Waals surface area contributed by atoms with Gasteiger partial charge in [-0.05, 0) is 31.9 Å². The van der Waals surface area contributed by atoms with Gasteiger partial charge in [0.2, 0.25) is 0 Å². The van der Waals surface area contributed by atoms with Gasteiger partial charge < -0.3 is 11.1 Å². The second-order valence-corrected chi connectivity index (χ2v) is 5.68. The number of nitrogens with two attached hydrogens (primary N) is 1. The first kappa shape index (κ1) is 12.3. The molecule has 0 aromatic heterocycles. The lowest BCUT2D eigenvalue weighted by atomic mass is 9.87. The zero-order chi connectivity index (χ0) is 10.6. The van der Waals surface area contributed by atoms with Crippen molar-refractivity contribution in [1.29, 1.82) is 0 Å². The third-order valence-corrected chi connectivity index (χ3v) is 5.20. The number of hydrogen-bond donors (Lipinski definition) is 2. The third-order valence-electron chi connectivity index (χ3n) is 3.61. The summed E-state index contributed by atoms with van der Waals surface area (Å²) in [6.07, 6.45) is 7.05. The van der Waals surface area contributed by atoms with Crippen LogP contribution in [0, 0.1) is 0 Å². The molecule has 1 aliphatic rings. The third kappa shape index (κ3) is 2.88. The summed E-state index contributed by atoms with van der Waals surface area (Å²) < 4.78 is 0.444. The van der Waals surface area contributed by atoms with Gasteiger partial charge in [-0.15, -0.1) is 0 Å². The summed E-state index contributed by atoms with van der Waals surface area (Å²) in [5, 5.41) is 3.64. The SMILES string of the molecule is CCC(CC)(CNC1CC(N)C1)SC. The Kier molecular flexibility index (Phi) is 4.74. The standard InChI is InChI=1S/C11H24N2S/c1-4-11(5-2,14-3)8-13-10-6-9(12)7-10/h9-10,13H,4-8,12H2,1-3H3. The first-order valence-electron chi connectivity index (χ1n) is 5.70. The molecule has 3 heteroatoms. The van der Waals surface area contributed by atoms with Gasteiger partial charge >= 0.3 is 0 Å². The Hall–Kier alpha value is 0.270. The molecule has 0 unspecified atom stereocenters. The van der Waals surface area contributed by atoms with E-state index >= 15 is 0 Å². The number of thioether (sulfide) groups is 1. The molecule has 0 radical (unpaired) electrons. The average molecular weight is 216 g/mol. The Morgan fingerprint density at radius 2 is 1.93 bits per heavy atom. The van der Waals surface area contributed by atoms with Crippen molar-refractivity contribution in [2.75, 3.05) is 12.8 Å². The van der Waals surface area contributed by atoms with E-state index in [0.29, 0.717) is 16.8 Å². The minimum atomic E-state index is 0.444. The Morgan fingerprint density at radius 3 is 2.29 bits per heavy atom. The van der Waals surface area contributed by atoms with Crippen LogP contribution in [-0.2, 0) is 0 Å². The highest BCUT2D eigenvalue weighted by Gasteiger charge is 2.30. The van der Waals surface area contributed by atoms with Crippen LogP contribution in [0.1, 0.15) is 39.5 Å². The van der Waals surface area contributed by atoms with E-state index in [4.69, 9.17) is 5.73 Å². The average Bonchev–Trinajstić information content (AvgIpc) is 2.17. The smallest absolute Gasteiger partial charge is 0.0276 e. The maximum absolute atomic E-state index is 5.76. The summed E-state index contributed by atoms with van der Waals surface area (Å²) in [6, 6.07) is 1.15. The lowest BCUT2D eigenvalue weighted by Crippen LogP contribution is -2.51. The van der Waals surface area contributed by atoms with Crippen LogP contribution >= 0.6 is 11.8 Å². The van der Waals surface area contributed by atoms with Crippen LogP contribution in [0.15, 0.2) is 0 Å². The zero-order valence-corrected chi connectivity index (χ0v) is 10.5. The number of rotatable bonds is 6. The van der Waals surface area contributed by atoms with E-state index in [1.54, 1.807) is 0 Å². The zero-order valence-electron chi connectivity index (χ0n) is 9.68. The fraction of sp³-hybridized carbons (Fsp3) is 1.00. The molecule has 1 aliphatic carbocycles. The summed E-state index contributed by atoms with van der Waals surface area (Å²) in [5.74, 6) is 0. The van der Waals surface area contributed by atoms with Gasteiger partial charge in [0.1, 0.15) is 0 Å². The second kappa shape index (κ2) is 5.38. The normalized spacial score (nSPS) is 27.4. The molecule has 0 spiro atoms. The summed E-state index contributed by atoms with van der Waals surface area (Å²) in [4.78, 5) is 0. The van der Waals surface area contributed by atoms with Crippen molar-refractivity contribution in [2.24, 2.45) is 5.73 Å². The Bertz CT molecular complexity index is 154. The van der Waals surface area contributed by atoms with Crippen molar-refractivity contribution < 1.29 is 0 Å². The van der Waals surface area contributed by atoms with Gasteiger partial charge in [-0.25, -0.2) is 0 Å². The monoisotopic (exact) mass is 216 g/mol. The highest BCUT2D eigenvalue weighted by atomic mass is 32.2. The number of nitrogens with one attached hydrogen (secondary N) is 1. The molecule has 0 aromatic carbocycles. The van der Waals surface area contributed by atoms with Crippen LogP contribution in [-0.4, -0.2) is 29.6 Å². The summed E-state index contributed by atoms with van der Waals surface area (Å²) in [5.41, 5.74) is 5.76. The maximum atomic E-state index is 5.76. The molecule has 1 fully saturated rings. The summed E-state index contributed by atoms with van der Waals surface area (Å²) >= 11 is 2.00. The van der Waals surface area contributed by atoms with E-state index < -0.39 is 0 Å². The van der Waals surface area contributed by atoms with Crippen molar-refractivity contribution in [3.05, 3.63) is 0 Å². The van der Waals surface area contributed by atoms with Crippen molar-refractivity contribution in [3.8, 4) is 0 Å². The molecule has 0 atom stereocenters. The van der Waals surface area contributed by atoms with Crippen LogP contribution in [0.25, 0.3) is 0 Å². The van der Waals surface area contributed by atoms with E-state index in [9.17, 15) is 0 Å². The minimum absolute atomic E-state index is 0.444. The summed E-state index contributed by atoms with van der Waals surface area (Å²) in [6.45, 7) is 5.71. The molecular formula is C11H24N2S. The quantitative estimate of drug-likeness (QED) is 0.713. The maximum Gasteiger partial charge on any atom is 0.0276 e. The van der Waals surface area contributed by atoms with E-state index in [2.05, 4.69) is 25.4 Å². The van der Waals surface area contributed by atoms with E-state index in [0.717, 1.165) is 19.4 Å². The van der Waals surface area contributed by atoms with Crippen LogP contribution < -0.4 is 11.1 Å². The van der Waals surface area contributed by atoms with Crippen molar-refractivity contribution in [3.63, 3.8) is 0 Å². The topological polar surface area (TPSA) is 38.0 Å². The van der Waals surface area contributed by atoms with E-state index in [1.165, 1.54) is 12.8 Å². The molecular weight excluding hydrogens is 192 g/mol. The van der Waals surface area contributed by atoms with Crippen molar-refractivity contribution in [2.45, 2.75) is 56.4 Å². The molecule has 0 aliphatic heterocycles. The predicted octanol–water partition coefficient (Wildman–Crippen LogP) is 1.99. The molecule has 3 N–H and O–H groups in total. The van der Waals surface area contributed by atoms with Gasteiger partial charge in [-0.1, -0.05) is 13.8 Å². The molecule has 84 valence electrons. The molecule has 1 saturated carbocycles. The first-order valence-corrected chi connectivity index (χ1v) is 6.92. The fourth-order valence-electron chi connectivity index (χ4n) is 2.02. The molecule has 0 amide bonds. The highest BCUT2D eigenvalue weighted by Crippen LogP contribution is 2.30. The van der Waals surface area contributed by atoms with Gasteiger partial charge in [0.25, 0.3) is 0 Å².